The van der Waals surface area contributed by atoms with Gasteiger partial charge in [-0.05, 0) is 49.4 Å². The molecule has 1 heterocycles. The van der Waals surface area contributed by atoms with Gasteiger partial charge < -0.3 is 10.4 Å². The highest BCUT2D eigenvalue weighted by atomic mass is 16.4. The summed E-state index contributed by atoms with van der Waals surface area (Å²) < 4.78 is 1.73. The lowest BCUT2D eigenvalue weighted by Gasteiger charge is -2.13. The minimum Gasteiger partial charge on any atom is -0.481 e. The first kappa shape index (κ1) is 16.2. The highest BCUT2D eigenvalue weighted by Gasteiger charge is 2.30. The van der Waals surface area contributed by atoms with Crippen LogP contribution in [0.2, 0.25) is 0 Å². The first-order valence-corrected chi connectivity index (χ1v) is 8.07. The Kier molecular flexibility index (Phi) is 4.38. The number of aryl methyl sites for hydroxylation is 2. The van der Waals surface area contributed by atoms with Crippen molar-refractivity contribution in [3.05, 3.63) is 41.7 Å². The summed E-state index contributed by atoms with van der Waals surface area (Å²) in [5, 5.41) is 16.2. The molecule has 6 nitrogen and oxygen atoms in total. The fraction of sp³-hybridized carbons (Fsp3) is 0.389. The quantitative estimate of drug-likeness (QED) is 0.903. The first-order valence-electron chi connectivity index (χ1n) is 8.07. The molecule has 1 saturated carbocycles. The van der Waals surface area contributed by atoms with Crippen molar-refractivity contribution in [3.8, 4) is 11.1 Å². The minimum absolute atomic E-state index is 0.0678. The molecular weight excluding hydrogens is 306 g/mol. The average molecular weight is 327 g/mol. The monoisotopic (exact) mass is 327 g/mol. The summed E-state index contributed by atoms with van der Waals surface area (Å²) in [6.45, 7) is 2.00. The predicted octanol–water partition coefficient (Wildman–Crippen LogP) is 2.38. The normalized spacial score (nSPS) is 20.1. The van der Waals surface area contributed by atoms with Crippen LogP contribution >= 0.6 is 0 Å². The molecule has 6 heteroatoms. The third-order valence-corrected chi connectivity index (χ3v) is 4.63. The number of benzene rings is 1. The fourth-order valence-electron chi connectivity index (χ4n) is 3.24. The number of hydrogen-bond donors (Lipinski definition) is 2. The van der Waals surface area contributed by atoms with E-state index in [1.807, 2.05) is 32.3 Å². The molecule has 3 rings (SSSR count). The molecule has 2 atom stereocenters. The van der Waals surface area contributed by atoms with Crippen molar-refractivity contribution in [2.75, 3.05) is 0 Å². The Morgan fingerprint density at radius 3 is 2.75 bits per heavy atom. The molecule has 0 spiro atoms. The van der Waals surface area contributed by atoms with Gasteiger partial charge in [0.1, 0.15) is 0 Å². The molecule has 1 aromatic carbocycles. The van der Waals surface area contributed by atoms with E-state index in [0.717, 1.165) is 16.7 Å². The highest BCUT2D eigenvalue weighted by molar-refractivity contribution is 5.96. The second-order valence-corrected chi connectivity index (χ2v) is 6.45. The summed E-state index contributed by atoms with van der Waals surface area (Å²) in [4.78, 5) is 23.5. The number of amides is 1. The van der Waals surface area contributed by atoms with Crippen LogP contribution in [0.4, 0.5) is 0 Å². The Morgan fingerprint density at radius 1 is 1.33 bits per heavy atom. The number of carboxylic acids is 1. The van der Waals surface area contributed by atoms with Crippen LogP contribution < -0.4 is 5.32 Å². The van der Waals surface area contributed by atoms with E-state index in [4.69, 9.17) is 5.11 Å². The second-order valence-electron chi connectivity index (χ2n) is 6.45. The van der Waals surface area contributed by atoms with Gasteiger partial charge >= 0.3 is 5.97 Å². The number of carbonyl (C=O) groups excluding carboxylic acids is 1. The summed E-state index contributed by atoms with van der Waals surface area (Å²) in [7, 11) is 1.86. The molecule has 0 unspecified atom stereocenters. The van der Waals surface area contributed by atoms with E-state index in [1.54, 1.807) is 16.9 Å². The van der Waals surface area contributed by atoms with Gasteiger partial charge in [0.05, 0.1) is 12.1 Å². The van der Waals surface area contributed by atoms with E-state index in [2.05, 4.69) is 10.4 Å². The zero-order chi connectivity index (χ0) is 17.3. The van der Waals surface area contributed by atoms with Gasteiger partial charge in [-0.1, -0.05) is 6.07 Å². The van der Waals surface area contributed by atoms with Gasteiger partial charge in [0.15, 0.2) is 0 Å². The van der Waals surface area contributed by atoms with Crippen molar-refractivity contribution in [1.29, 1.82) is 0 Å². The lowest BCUT2D eigenvalue weighted by molar-refractivity contribution is -0.141. The topological polar surface area (TPSA) is 84.2 Å². The van der Waals surface area contributed by atoms with E-state index in [1.165, 1.54) is 0 Å². The van der Waals surface area contributed by atoms with Gasteiger partial charge in [-0.15, -0.1) is 0 Å². The molecule has 0 radical (unpaired) electrons. The number of nitrogens with one attached hydrogen (secondary N) is 1. The number of carbonyl (C=O) groups is 2. The summed E-state index contributed by atoms with van der Waals surface area (Å²) in [6.07, 6.45) is 5.53. The number of hydrogen-bond acceptors (Lipinski definition) is 3. The number of aliphatic carboxylic acids is 1. The third-order valence-electron chi connectivity index (χ3n) is 4.63. The molecule has 1 aliphatic carbocycles. The van der Waals surface area contributed by atoms with Crippen molar-refractivity contribution >= 4 is 11.9 Å². The smallest absolute Gasteiger partial charge is 0.306 e. The number of rotatable bonds is 4. The van der Waals surface area contributed by atoms with Crippen LogP contribution in [0.5, 0.6) is 0 Å². The zero-order valence-electron chi connectivity index (χ0n) is 13.8. The Morgan fingerprint density at radius 2 is 2.12 bits per heavy atom. The van der Waals surface area contributed by atoms with Crippen LogP contribution in [-0.4, -0.2) is 32.8 Å². The highest BCUT2D eigenvalue weighted by Crippen LogP contribution is 2.27. The lowest BCUT2D eigenvalue weighted by atomic mass is 10.00. The maximum atomic E-state index is 12.5. The second kappa shape index (κ2) is 6.47. The van der Waals surface area contributed by atoms with Crippen LogP contribution in [0.25, 0.3) is 11.1 Å². The van der Waals surface area contributed by atoms with E-state index in [9.17, 15) is 9.59 Å². The van der Waals surface area contributed by atoms with Crippen LogP contribution in [0, 0.1) is 12.8 Å². The SMILES string of the molecule is Cc1ccc(C(=O)N[C@@H]2CC[C@H](C(=O)O)C2)cc1-c1cnn(C)c1. The molecule has 0 aliphatic heterocycles. The zero-order valence-corrected chi connectivity index (χ0v) is 13.8. The molecule has 126 valence electrons. The first-order chi connectivity index (χ1) is 11.4. The third kappa shape index (κ3) is 3.32. The minimum atomic E-state index is -0.777. The molecule has 0 bridgehead atoms. The Labute approximate surface area is 140 Å². The van der Waals surface area contributed by atoms with E-state index in [0.29, 0.717) is 24.8 Å². The summed E-state index contributed by atoms with van der Waals surface area (Å²) >= 11 is 0. The molecule has 1 aliphatic rings. The van der Waals surface area contributed by atoms with Crippen LogP contribution in [0.15, 0.2) is 30.6 Å². The van der Waals surface area contributed by atoms with Crippen molar-refractivity contribution in [1.82, 2.24) is 15.1 Å². The Balaban J connectivity index is 1.75. The number of nitrogens with zero attached hydrogens (tertiary/aromatic N) is 2. The van der Waals surface area contributed by atoms with Crippen LogP contribution in [0.1, 0.15) is 35.2 Å². The van der Waals surface area contributed by atoms with Gasteiger partial charge in [0.25, 0.3) is 5.91 Å². The Hall–Kier alpha value is -2.63. The van der Waals surface area contributed by atoms with Gasteiger partial charge in [-0.25, -0.2) is 0 Å². The van der Waals surface area contributed by atoms with Crippen molar-refractivity contribution in [2.45, 2.75) is 32.2 Å². The molecule has 1 fully saturated rings. The van der Waals surface area contributed by atoms with Crippen LogP contribution in [-0.2, 0) is 11.8 Å². The van der Waals surface area contributed by atoms with Crippen molar-refractivity contribution in [3.63, 3.8) is 0 Å². The molecule has 24 heavy (non-hydrogen) atoms. The van der Waals surface area contributed by atoms with Gasteiger partial charge in [-0.3, -0.25) is 14.3 Å². The number of aromatic nitrogens is 2. The summed E-state index contributed by atoms with van der Waals surface area (Å²) in [5.74, 6) is -1.28. The lowest BCUT2D eigenvalue weighted by Crippen LogP contribution is -2.33. The average Bonchev–Trinajstić information content (AvgIpc) is 3.17. The standard InChI is InChI=1S/C18H21N3O3/c1-11-3-4-12(8-16(11)14-9-19-21(2)10-14)17(22)20-15-6-5-13(7-15)18(23)24/h3-4,8-10,13,15H,5-7H2,1-2H3,(H,20,22)(H,23,24)/t13-,15+/m0/s1. The van der Waals surface area contributed by atoms with E-state index in [-0.39, 0.29) is 17.9 Å². The molecule has 1 amide bonds. The van der Waals surface area contributed by atoms with Crippen LogP contribution in [0.3, 0.4) is 0 Å². The fourth-order valence-corrected chi connectivity index (χ4v) is 3.24. The maximum Gasteiger partial charge on any atom is 0.306 e. The van der Waals surface area contributed by atoms with Gasteiger partial charge in [0, 0.05) is 30.4 Å². The molecule has 0 saturated heterocycles. The van der Waals surface area contributed by atoms with Gasteiger partial charge in [-0.2, -0.15) is 5.10 Å². The van der Waals surface area contributed by atoms with E-state index < -0.39 is 5.97 Å². The number of carboxylic acid groups (broad SMARTS) is 1. The largest absolute Gasteiger partial charge is 0.481 e. The summed E-state index contributed by atoms with van der Waals surface area (Å²) in [6, 6.07) is 5.52. The predicted molar refractivity (Wildman–Crippen MR) is 89.6 cm³/mol. The summed E-state index contributed by atoms with van der Waals surface area (Å²) in [5.41, 5.74) is 3.60. The van der Waals surface area contributed by atoms with E-state index >= 15 is 0 Å². The molecule has 2 N–H and O–H groups in total. The van der Waals surface area contributed by atoms with Gasteiger partial charge in [0.2, 0.25) is 0 Å². The molecule has 2 aromatic rings. The van der Waals surface area contributed by atoms with Crippen molar-refractivity contribution in [2.24, 2.45) is 13.0 Å². The molecule has 1 aromatic heterocycles. The van der Waals surface area contributed by atoms with Crippen molar-refractivity contribution < 1.29 is 14.7 Å². The Bertz CT molecular complexity index is 782. The molecular formula is C18H21N3O3. The maximum absolute atomic E-state index is 12.5.